The predicted molar refractivity (Wildman–Crippen MR) is 96.0 cm³/mol. The van der Waals surface area contributed by atoms with Crippen molar-refractivity contribution in [1.29, 1.82) is 0 Å². The van der Waals surface area contributed by atoms with Crippen molar-refractivity contribution in [3.63, 3.8) is 0 Å². The molecule has 0 amide bonds. The first-order chi connectivity index (χ1) is 11.3. The smallest absolute Gasteiger partial charge is 0.0924 e. The molecule has 0 radical (unpaired) electrons. The molecule has 0 bridgehead atoms. The summed E-state index contributed by atoms with van der Waals surface area (Å²) in [7, 11) is 0. The van der Waals surface area contributed by atoms with E-state index in [0.717, 1.165) is 52.7 Å². The first kappa shape index (κ1) is 16.1. The highest BCUT2D eigenvalue weighted by molar-refractivity contribution is 9.10. The van der Waals surface area contributed by atoms with E-state index in [0.29, 0.717) is 0 Å². The second-order valence-corrected chi connectivity index (χ2v) is 6.50. The monoisotopic (exact) mass is 373 g/mol. The molecule has 0 unspecified atom stereocenters. The molecule has 0 aliphatic heterocycles. The third kappa shape index (κ3) is 4.14. The lowest BCUT2D eigenvalue weighted by Crippen LogP contribution is -2.00. The van der Waals surface area contributed by atoms with Crippen molar-refractivity contribution in [2.24, 2.45) is 5.73 Å². The van der Waals surface area contributed by atoms with Gasteiger partial charge in [-0.05, 0) is 37.6 Å². The number of hydrogen-bond donors (Lipinski definition) is 1. The minimum atomic E-state index is 0.781. The number of benzene rings is 1. The molecule has 0 aliphatic rings. The number of unbranched alkanes of at least 4 members (excludes halogenated alkanes) is 3. The van der Waals surface area contributed by atoms with Crippen LogP contribution in [0.15, 0.2) is 41.3 Å². The topological polar surface area (TPSA) is 69.6 Å². The van der Waals surface area contributed by atoms with E-state index < -0.39 is 0 Å². The van der Waals surface area contributed by atoms with Gasteiger partial charge in [0.25, 0.3) is 0 Å². The van der Waals surface area contributed by atoms with E-state index in [1.54, 1.807) is 6.20 Å². The molecule has 0 aliphatic carbocycles. The molecule has 0 saturated heterocycles. The van der Waals surface area contributed by atoms with Crippen molar-refractivity contribution in [2.75, 3.05) is 6.54 Å². The lowest BCUT2D eigenvalue weighted by Gasteiger charge is -2.02. The van der Waals surface area contributed by atoms with Crippen molar-refractivity contribution in [3.8, 4) is 11.3 Å². The highest BCUT2D eigenvalue weighted by atomic mass is 79.9. The maximum Gasteiger partial charge on any atom is 0.0924 e. The van der Waals surface area contributed by atoms with E-state index in [-0.39, 0.29) is 0 Å². The number of halogens is 1. The molecule has 0 atom stereocenters. The summed E-state index contributed by atoms with van der Waals surface area (Å²) in [4.78, 5) is 9.15. The standard InChI is InChI=1S/C17H20BrN5/c18-14-5-6-15-16(9-14)20-11-17(22-15)13-10-21-23(12-13)8-4-2-1-3-7-19/h5-6,9-12H,1-4,7-8,19H2. The van der Waals surface area contributed by atoms with Crippen molar-refractivity contribution in [3.05, 3.63) is 41.3 Å². The number of nitrogens with zero attached hydrogens (tertiary/aromatic N) is 4. The SMILES string of the molecule is NCCCCCCn1cc(-c2cnc3cc(Br)ccc3n2)cn1. The Morgan fingerprint density at radius 3 is 2.78 bits per heavy atom. The van der Waals surface area contributed by atoms with Crippen LogP contribution in [0, 0.1) is 0 Å². The van der Waals surface area contributed by atoms with Gasteiger partial charge in [-0.15, -0.1) is 0 Å². The molecule has 1 aromatic carbocycles. The van der Waals surface area contributed by atoms with E-state index in [2.05, 4.69) is 31.0 Å². The second-order valence-electron chi connectivity index (χ2n) is 5.58. The van der Waals surface area contributed by atoms with Crippen molar-refractivity contribution in [1.82, 2.24) is 19.7 Å². The van der Waals surface area contributed by atoms with Crippen LogP contribution in [0.25, 0.3) is 22.3 Å². The fourth-order valence-electron chi connectivity index (χ4n) is 2.51. The van der Waals surface area contributed by atoms with Crippen LogP contribution in [0.4, 0.5) is 0 Å². The number of hydrogen-bond acceptors (Lipinski definition) is 4. The van der Waals surface area contributed by atoms with Gasteiger partial charge in [0, 0.05) is 22.8 Å². The molecule has 3 aromatic rings. The van der Waals surface area contributed by atoms with E-state index in [9.17, 15) is 0 Å². The van der Waals surface area contributed by atoms with Crippen LogP contribution < -0.4 is 5.73 Å². The maximum absolute atomic E-state index is 5.50. The third-order valence-electron chi connectivity index (χ3n) is 3.77. The molecule has 6 heteroatoms. The van der Waals surface area contributed by atoms with E-state index in [1.165, 1.54) is 12.8 Å². The first-order valence-corrected chi connectivity index (χ1v) is 8.71. The Morgan fingerprint density at radius 1 is 1.04 bits per heavy atom. The van der Waals surface area contributed by atoms with Crippen LogP contribution >= 0.6 is 15.9 Å². The molecular formula is C17H20BrN5. The molecule has 3 rings (SSSR count). The summed E-state index contributed by atoms with van der Waals surface area (Å²) in [5.41, 5.74) is 9.14. The van der Waals surface area contributed by atoms with Gasteiger partial charge in [0.15, 0.2) is 0 Å². The summed E-state index contributed by atoms with van der Waals surface area (Å²) in [5.74, 6) is 0. The van der Waals surface area contributed by atoms with Crippen molar-refractivity contribution < 1.29 is 0 Å². The zero-order valence-electron chi connectivity index (χ0n) is 13.0. The van der Waals surface area contributed by atoms with Crippen molar-refractivity contribution >= 4 is 27.0 Å². The summed E-state index contributed by atoms with van der Waals surface area (Å²) >= 11 is 3.45. The number of aryl methyl sites for hydroxylation is 1. The number of nitrogens with two attached hydrogens (primary N) is 1. The van der Waals surface area contributed by atoms with E-state index in [1.807, 2.05) is 35.3 Å². The minimum Gasteiger partial charge on any atom is -0.330 e. The van der Waals surface area contributed by atoms with E-state index in [4.69, 9.17) is 5.73 Å². The average molecular weight is 374 g/mol. The summed E-state index contributed by atoms with van der Waals surface area (Å²) in [6.45, 7) is 1.71. The van der Waals surface area contributed by atoms with Gasteiger partial charge in [-0.25, -0.2) is 4.98 Å². The molecule has 2 N–H and O–H groups in total. The average Bonchev–Trinajstić information content (AvgIpc) is 3.03. The van der Waals surface area contributed by atoms with Crippen LogP contribution in [0.1, 0.15) is 25.7 Å². The Kier molecular flexibility index (Phi) is 5.35. The summed E-state index contributed by atoms with van der Waals surface area (Å²) < 4.78 is 2.99. The van der Waals surface area contributed by atoms with Gasteiger partial charge in [-0.2, -0.15) is 5.10 Å². The molecule has 2 aromatic heterocycles. The second kappa shape index (κ2) is 7.66. The molecular weight excluding hydrogens is 354 g/mol. The first-order valence-electron chi connectivity index (χ1n) is 7.91. The normalized spacial score (nSPS) is 11.2. The number of rotatable bonds is 7. The lowest BCUT2D eigenvalue weighted by molar-refractivity contribution is 0.537. The quantitative estimate of drug-likeness (QED) is 0.639. The molecule has 23 heavy (non-hydrogen) atoms. The van der Waals surface area contributed by atoms with Gasteiger partial charge < -0.3 is 5.73 Å². The molecule has 0 fully saturated rings. The Labute approximate surface area is 144 Å². The number of fused-ring (bicyclic) bond motifs is 1. The summed E-state index contributed by atoms with van der Waals surface area (Å²) in [6.07, 6.45) is 10.3. The molecule has 0 spiro atoms. The Balaban J connectivity index is 1.69. The van der Waals surface area contributed by atoms with Gasteiger partial charge in [0.2, 0.25) is 0 Å². The van der Waals surface area contributed by atoms with Crippen LogP contribution in [0.3, 0.4) is 0 Å². The molecule has 0 saturated carbocycles. The number of aromatic nitrogens is 4. The molecule has 5 nitrogen and oxygen atoms in total. The van der Waals surface area contributed by atoms with Crippen LogP contribution in [-0.4, -0.2) is 26.3 Å². The fourth-order valence-corrected chi connectivity index (χ4v) is 2.86. The van der Waals surface area contributed by atoms with Gasteiger partial charge in [0.05, 0.1) is 29.1 Å². The van der Waals surface area contributed by atoms with Gasteiger partial charge in [0.1, 0.15) is 0 Å². The fraction of sp³-hybridized carbons (Fsp3) is 0.353. The zero-order chi connectivity index (χ0) is 16.1. The van der Waals surface area contributed by atoms with Gasteiger partial charge in [-0.3, -0.25) is 9.67 Å². The third-order valence-corrected chi connectivity index (χ3v) is 4.27. The van der Waals surface area contributed by atoms with Gasteiger partial charge >= 0.3 is 0 Å². The largest absolute Gasteiger partial charge is 0.330 e. The molecule has 120 valence electrons. The predicted octanol–water partition coefficient (Wildman–Crippen LogP) is 3.77. The summed E-state index contributed by atoms with van der Waals surface area (Å²) in [5, 5.41) is 4.42. The lowest BCUT2D eigenvalue weighted by atomic mass is 10.2. The Bertz CT molecular complexity index is 784. The minimum absolute atomic E-state index is 0.781. The highest BCUT2D eigenvalue weighted by Gasteiger charge is 2.06. The Hall–Kier alpha value is -1.79. The van der Waals surface area contributed by atoms with Crippen molar-refractivity contribution in [2.45, 2.75) is 32.2 Å². The van der Waals surface area contributed by atoms with Crippen LogP contribution in [0.2, 0.25) is 0 Å². The van der Waals surface area contributed by atoms with Crippen LogP contribution in [0.5, 0.6) is 0 Å². The zero-order valence-corrected chi connectivity index (χ0v) is 14.5. The maximum atomic E-state index is 5.50. The molecule has 2 heterocycles. The highest BCUT2D eigenvalue weighted by Crippen LogP contribution is 2.21. The van der Waals surface area contributed by atoms with E-state index >= 15 is 0 Å². The Morgan fingerprint density at radius 2 is 1.91 bits per heavy atom. The summed E-state index contributed by atoms with van der Waals surface area (Å²) in [6, 6.07) is 5.92. The van der Waals surface area contributed by atoms with Crippen LogP contribution in [-0.2, 0) is 6.54 Å². The van der Waals surface area contributed by atoms with Gasteiger partial charge in [-0.1, -0.05) is 28.8 Å².